The number of fused-ring (bicyclic) bond motifs is 3. The van der Waals surface area contributed by atoms with Crippen molar-refractivity contribution in [1.29, 1.82) is 0 Å². The summed E-state index contributed by atoms with van der Waals surface area (Å²) < 4.78 is 36.8. The van der Waals surface area contributed by atoms with E-state index in [1.165, 1.54) is 18.6 Å². The molecule has 1 amide bonds. The SMILES string of the molecule is CCCCCCOc1ccc(C2c3c(oc4ccc(F)cc4c3=O)C(=O)N2Cc2ccc3c(c2)OCO3)cc1. The average molecular weight is 530 g/mol. The van der Waals surface area contributed by atoms with Gasteiger partial charge in [0.25, 0.3) is 5.91 Å². The maximum absolute atomic E-state index is 14.1. The van der Waals surface area contributed by atoms with Gasteiger partial charge in [-0.05, 0) is 60.0 Å². The molecule has 0 saturated heterocycles. The topological polar surface area (TPSA) is 78.2 Å². The molecule has 0 saturated carbocycles. The van der Waals surface area contributed by atoms with Crippen LogP contribution in [-0.4, -0.2) is 24.2 Å². The number of amides is 1. The molecule has 0 spiro atoms. The summed E-state index contributed by atoms with van der Waals surface area (Å²) >= 11 is 0. The first-order valence-electron chi connectivity index (χ1n) is 13.2. The summed E-state index contributed by atoms with van der Waals surface area (Å²) in [5.74, 6) is 0.974. The predicted molar refractivity (Wildman–Crippen MR) is 143 cm³/mol. The number of halogens is 1. The number of rotatable bonds is 9. The standard InChI is InChI=1S/C31H28FNO6/c1-2-3-4-5-14-36-22-10-7-20(8-11-22)28-27-29(34)23-16-21(32)9-13-24(23)39-30(27)31(35)33(28)17-19-6-12-25-26(15-19)38-18-37-25/h6-13,15-16,28H,2-5,14,17-18H2,1H3. The van der Waals surface area contributed by atoms with Crippen LogP contribution in [0.5, 0.6) is 17.2 Å². The first-order chi connectivity index (χ1) is 19.0. The Morgan fingerprint density at radius 1 is 0.949 bits per heavy atom. The zero-order valence-corrected chi connectivity index (χ0v) is 21.6. The second-order valence-electron chi connectivity index (χ2n) is 9.82. The first kappa shape index (κ1) is 25.0. The molecule has 2 aliphatic rings. The zero-order chi connectivity index (χ0) is 26.9. The van der Waals surface area contributed by atoms with Gasteiger partial charge in [-0.2, -0.15) is 0 Å². The molecular weight excluding hydrogens is 501 g/mol. The van der Waals surface area contributed by atoms with Crippen molar-refractivity contribution in [2.75, 3.05) is 13.4 Å². The largest absolute Gasteiger partial charge is 0.494 e. The quantitative estimate of drug-likeness (QED) is 0.235. The van der Waals surface area contributed by atoms with Crippen LogP contribution in [0, 0.1) is 5.82 Å². The molecule has 1 aromatic heterocycles. The van der Waals surface area contributed by atoms with E-state index >= 15 is 0 Å². The van der Waals surface area contributed by atoms with Gasteiger partial charge < -0.3 is 23.5 Å². The molecule has 6 rings (SSSR count). The average Bonchev–Trinajstić information content (AvgIpc) is 3.52. The molecule has 0 bridgehead atoms. The Morgan fingerprint density at radius 3 is 2.59 bits per heavy atom. The summed E-state index contributed by atoms with van der Waals surface area (Å²) in [5.41, 5.74) is 1.48. The van der Waals surface area contributed by atoms with Crippen LogP contribution in [0.2, 0.25) is 0 Å². The van der Waals surface area contributed by atoms with Gasteiger partial charge >= 0.3 is 0 Å². The molecule has 7 nitrogen and oxygen atoms in total. The van der Waals surface area contributed by atoms with Crippen LogP contribution in [0.3, 0.4) is 0 Å². The third-order valence-corrected chi connectivity index (χ3v) is 7.18. The van der Waals surface area contributed by atoms with Gasteiger partial charge in [-0.1, -0.05) is 44.4 Å². The van der Waals surface area contributed by atoms with Crippen LogP contribution < -0.4 is 19.6 Å². The third kappa shape index (κ3) is 4.71. The van der Waals surface area contributed by atoms with Crippen molar-refractivity contribution in [3.63, 3.8) is 0 Å². The van der Waals surface area contributed by atoms with Crippen LogP contribution in [0.4, 0.5) is 4.39 Å². The van der Waals surface area contributed by atoms with Crippen molar-refractivity contribution in [3.8, 4) is 17.2 Å². The van der Waals surface area contributed by atoms with E-state index in [0.717, 1.165) is 42.2 Å². The van der Waals surface area contributed by atoms with Gasteiger partial charge in [0.05, 0.1) is 23.6 Å². The number of hydrogen-bond acceptors (Lipinski definition) is 6. The Hall–Kier alpha value is -4.33. The van der Waals surface area contributed by atoms with E-state index in [9.17, 15) is 14.0 Å². The van der Waals surface area contributed by atoms with Gasteiger partial charge in [0.1, 0.15) is 17.1 Å². The minimum atomic E-state index is -0.722. The Bertz CT molecular complexity index is 1600. The highest BCUT2D eigenvalue weighted by Crippen LogP contribution is 2.41. The van der Waals surface area contributed by atoms with Crippen molar-refractivity contribution in [1.82, 2.24) is 4.90 Å². The Morgan fingerprint density at radius 2 is 1.77 bits per heavy atom. The lowest BCUT2D eigenvalue weighted by Gasteiger charge is -2.25. The molecule has 0 radical (unpaired) electrons. The Kier molecular flexibility index (Phi) is 6.69. The number of carbonyl (C=O) groups is 1. The molecule has 8 heteroatoms. The van der Waals surface area contributed by atoms with Crippen LogP contribution >= 0.6 is 0 Å². The molecule has 0 aliphatic carbocycles. The maximum Gasteiger partial charge on any atom is 0.291 e. The molecule has 4 aromatic rings. The lowest BCUT2D eigenvalue weighted by molar-refractivity contribution is 0.0714. The third-order valence-electron chi connectivity index (χ3n) is 7.18. The lowest BCUT2D eigenvalue weighted by Crippen LogP contribution is -2.29. The number of unbranched alkanes of at least 4 members (excludes halogenated alkanes) is 3. The smallest absolute Gasteiger partial charge is 0.291 e. The molecule has 3 aromatic carbocycles. The maximum atomic E-state index is 14.1. The van der Waals surface area contributed by atoms with Crippen molar-refractivity contribution in [2.24, 2.45) is 0 Å². The fourth-order valence-corrected chi connectivity index (χ4v) is 5.20. The van der Waals surface area contributed by atoms with E-state index in [1.807, 2.05) is 36.4 Å². The fourth-order valence-electron chi connectivity index (χ4n) is 5.20. The Labute approximate surface area is 224 Å². The predicted octanol–water partition coefficient (Wildman–Crippen LogP) is 6.37. The summed E-state index contributed by atoms with van der Waals surface area (Å²) in [7, 11) is 0. The summed E-state index contributed by atoms with van der Waals surface area (Å²) in [6.07, 6.45) is 4.44. The van der Waals surface area contributed by atoms with Gasteiger partial charge in [0, 0.05) is 6.54 Å². The van der Waals surface area contributed by atoms with Crippen LogP contribution in [-0.2, 0) is 6.54 Å². The van der Waals surface area contributed by atoms with Gasteiger partial charge in [-0.15, -0.1) is 0 Å². The van der Waals surface area contributed by atoms with Crippen LogP contribution in [0.25, 0.3) is 11.0 Å². The van der Waals surface area contributed by atoms with Crippen LogP contribution in [0.1, 0.15) is 65.9 Å². The second-order valence-corrected chi connectivity index (χ2v) is 9.82. The van der Waals surface area contributed by atoms with E-state index in [0.29, 0.717) is 18.1 Å². The van der Waals surface area contributed by atoms with E-state index in [2.05, 4.69) is 6.92 Å². The molecule has 39 heavy (non-hydrogen) atoms. The second kappa shape index (κ2) is 10.4. The van der Waals surface area contributed by atoms with Crippen LogP contribution in [0.15, 0.2) is 69.9 Å². The zero-order valence-electron chi connectivity index (χ0n) is 21.6. The monoisotopic (exact) mass is 529 g/mol. The summed E-state index contributed by atoms with van der Waals surface area (Å²) in [6.45, 7) is 3.14. The molecular formula is C31H28FNO6. The number of benzene rings is 3. The highest BCUT2D eigenvalue weighted by atomic mass is 19.1. The van der Waals surface area contributed by atoms with Crippen molar-refractivity contribution >= 4 is 16.9 Å². The Balaban J connectivity index is 1.37. The summed E-state index contributed by atoms with van der Waals surface area (Å²) in [4.78, 5) is 29.0. The van der Waals surface area contributed by atoms with E-state index < -0.39 is 23.2 Å². The minimum Gasteiger partial charge on any atom is -0.494 e. The lowest BCUT2D eigenvalue weighted by atomic mass is 9.98. The molecule has 0 N–H and O–H groups in total. The molecule has 3 heterocycles. The van der Waals surface area contributed by atoms with Crippen molar-refractivity contribution in [3.05, 3.63) is 99.2 Å². The number of nitrogens with zero attached hydrogens (tertiary/aromatic N) is 1. The molecule has 2 aliphatic heterocycles. The number of hydrogen-bond donors (Lipinski definition) is 0. The van der Waals surface area contributed by atoms with Gasteiger partial charge in [0.15, 0.2) is 16.9 Å². The first-order valence-corrected chi connectivity index (χ1v) is 13.2. The normalized spacial score (nSPS) is 15.7. The van der Waals surface area contributed by atoms with E-state index in [-0.39, 0.29) is 35.6 Å². The summed E-state index contributed by atoms with van der Waals surface area (Å²) in [6, 6.07) is 15.9. The minimum absolute atomic E-state index is 0.0268. The van der Waals surface area contributed by atoms with Gasteiger partial charge in [-0.3, -0.25) is 9.59 Å². The van der Waals surface area contributed by atoms with Crippen molar-refractivity contribution in [2.45, 2.75) is 45.2 Å². The van der Waals surface area contributed by atoms with E-state index in [4.69, 9.17) is 18.6 Å². The van der Waals surface area contributed by atoms with Crippen molar-refractivity contribution < 1.29 is 27.8 Å². The fraction of sp³-hybridized carbons (Fsp3) is 0.290. The number of carbonyl (C=O) groups excluding carboxylic acids is 1. The molecule has 1 atom stereocenters. The van der Waals surface area contributed by atoms with E-state index in [1.54, 1.807) is 11.0 Å². The number of ether oxygens (including phenoxy) is 3. The highest BCUT2D eigenvalue weighted by Gasteiger charge is 2.43. The molecule has 1 unspecified atom stereocenters. The van der Waals surface area contributed by atoms with Gasteiger partial charge in [-0.25, -0.2) is 4.39 Å². The summed E-state index contributed by atoms with van der Waals surface area (Å²) in [5, 5.41) is 0.100. The molecule has 200 valence electrons. The highest BCUT2D eigenvalue weighted by molar-refractivity contribution is 5.99. The molecule has 0 fully saturated rings. The van der Waals surface area contributed by atoms with Gasteiger partial charge in [0.2, 0.25) is 12.6 Å².